The molecule has 0 spiro atoms. The fourth-order valence-corrected chi connectivity index (χ4v) is 3.42. The molecule has 104 valence electrons. The maximum atomic E-state index is 4.75. The van der Waals surface area contributed by atoms with Gasteiger partial charge in [-0.2, -0.15) is 10.1 Å². The molecule has 4 heterocycles. The summed E-state index contributed by atoms with van der Waals surface area (Å²) in [5, 5.41) is 4.49. The van der Waals surface area contributed by atoms with Crippen LogP contribution in [0.4, 0.5) is 5.82 Å². The third kappa shape index (κ3) is 1.72. The Balaban J connectivity index is 1.77. The van der Waals surface area contributed by atoms with Crippen LogP contribution in [-0.4, -0.2) is 32.3 Å². The first-order valence-electron chi connectivity index (χ1n) is 7.26. The molecule has 1 saturated carbocycles. The molecule has 3 aliphatic rings. The molecule has 0 amide bonds. The van der Waals surface area contributed by atoms with E-state index in [1.54, 1.807) is 0 Å². The highest BCUT2D eigenvalue weighted by Gasteiger charge is 2.43. The number of rotatable bonds is 2. The van der Waals surface area contributed by atoms with Crippen LogP contribution in [0.25, 0.3) is 5.95 Å². The van der Waals surface area contributed by atoms with Crippen molar-refractivity contribution in [1.29, 1.82) is 0 Å². The van der Waals surface area contributed by atoms with Gasteiger partial charge in [-0.3, -0.25) is 0 Å². The predicted molar refractivity (Wildman–Crippen MR) is 77.2 cm³/mol. The minimum absolute atomic E-state index is 0.690. The molecular formula is C15H19N5. The van der Waals surface area contributed by atoms with Crippen molar-refractivity contribution >= 4 is 5.82 Å². The van der Waals surface area contributed by atoms with Crippen LogP contribution in [0.15, 0.2) is 12.1 Å². The molecular weight excluding hydrogens is 250 g/mol. The zero-order valence-corrected chi connectivity index (χ0v) is 12.2. The molecule has 2 saturated heterocycles. The van der Waals surface area contributed by atoms with Gasteiger partial charge in [0.1, 0.15) is 5.82 Å². The van der Waals surface area contributed by atoms with E-state index >= 15 is 0 Å². The first-order chi connectivity index (χ1) is 9.60. The Morgan fingerprint density at radius 1 is 1.05 bits per heavy atom. The van der Waals surface area contributed by atoms with E-state index < -0.39 is 0 Å². The van der Waals surface area contributed by atoms with Crippen LogP contribution in [-0.2, 0) is 0 Å². The third-order valence-corrected chi connectivity index (χ3v) is 4.43. The van der Waals surface area contributed by atoms with Crippen molar-refractivity contribution in [3.63, 3.8) is 0 Å². The molecule has 2 bridgehead atoms. The van der Waals surface area contributed by atoms with E-state index in [0.29, 0.717) is 12.0 Å². The number of aryl methyl sites for hydroxylation is 3. The minimum Gasteiger partial charge on any atom is -0.353 e. The van der Waals surface area contributed by atoms with E-state index in [0.717, 1.165) is 35.4 Å². The quantitative estimate of drug-likeness (QED) is 0.838. The number of hydrogen-bond donors (Lipinski definition) is 0. The molecule has 1 aliphatic carbocycles. The highest BCUT2D eigenvalue weighted by Crippen LogP contribution is 2.42. The minimum atomic E-state index is 0.690. The summed E-state index contributed by atoms with van der Waals surface area (Å²) in [4.78, 5) is 11.7. The van der Waals surface area contributed by atoms with Gasteiger partial charge < -0.3 is 4.90 Å². The zero-order chi connectivity index (χ0) is 13.9. The van der Waals surface area contributed by atoms with Crippen molar-refractivity contribution in [2.24, 2.45) is 5.92 Å². The van der Waals surface area contributed by atoms with Crippen molar-refractivity contribution in [3.8, 4) is 5.95 Å². The van der Waals surface area contributed by atoms with Gasteiger partial charge in [0, 0.05) is 30.0 Å². The first-order valence-corrected chi connectivity index (χ1v) is 7.26. The zero-order valence-electron chi connectivity index (χ0n) is 12.2. The largest absolute Gasteiger partial charge is 0.353 e. The molecule has 0 unspecified atom stereocenters. The summed E-state index contributed by atoms with van der Waals surface area (Å²) in [5.74, 6) is 2.63. The van der Waals surface area contributed by atoms with Crippen molar-refractivity contribution in [3.05, 3.63) is 29.2 Å². The normalized spacial score (nSPS) is 24.1. The maximum absolute atomic E-state index is 4.75. The highest BCUT2D eigenvalue weighted by molar-refractivity contribution is 5.46. The molecule has 0 N–H and O–H groups in total. The van der Waals surface area contributed by atoms with Gasteiger partial charge >= 0.3 is 0 Å². The topological polar surface area (TPSA) is 46.8 Å². The Morgan fingerprint density at radius 3 is 2.45 bits per heavy atom. The Kier molecular flexibility index (Phi) is 2.40. The number of fused-ring (bicyclic) bond motifs is 1. The van der Waals surface area contributed by atoms with Crippen molar-refractivity contribution < 1.29 is 0 Å². The second-order valence-corrected chi connectivity index (χ2v) is 6.15. The summed E-state index contributed by atoms with van der Waals surface area (Å²) in [5.41, 5.74) is 3.07. The van der Waals surface area contributed by atoms with Gasteiger partial charge in [-0.1, -0.05) is 0 Å². The third-order valence-electron chi connectivity index (χ3n) is 4.43. The van der Waals surface area contributed by atoms with Crippen LogP contribution >= 0.6 is 0 Å². The van der Waals surface area contributed by atoms with Crippen LogP contribution in [0.3, 0.4) is 0 Å². The van der Waals surface area contributed by atoms with E-state index in [9.17, 15) is 0 Å². The summed E-state index contributed by atoms with van der Waals surface area (Å²) in [6.07, 6.45) is 2.66. The fourth-order valence-electron chi connectivity index (χ4n) is 3.42. The lowest BCUT2D eigenvalue weighted by Gasteiger charge is -2.26. The smallest absolute Gasteiger partial charge is 0.252 e. The van der Waals surface area contributed by atoms with Gasteiger partial charge in [0.2, 0.25) is 0 Å². The molecule has 2 aromatic rings. The van der Waals surface area contributed by atoms with E-state index in [2.05, 4.69) is 27.1 Å². The maximum Gasteiger partial charge on any atom is 0.252 e. The van der Waals surface area contributed by atoms with Gasteiger partial charge in [-0.25, -0.2) is 9.67 Å². The summed E-state index contributed by atoms with van der Waals surface area (Å²) in [6.45, 7) is 7.21. The van der Waals surface area contributed by atoms with E-state index in [-0.39, 0.29) is 0 Å². The standard InChI is InChI=1S/C15H19N5/c1-9-5-14(19-8-12-6-13(19)7-12)17-15(16-9)20-11(3)4-10(2)18-20/h4-5,12-13H,6-8H2,1-3H3. The van der Waals surface area contributed by atoms with Crippen molar-refractivity contribution in [2.75, 3.05) is 11.4 Å². The van der Waals surface area contributed by atoms with Gasteiger partial charge in [0.25, 0.3) is 5.95 Å². The molecule has 2 aliphatic heterocycles. The first kappa shape index (κ1) is 11.9. The molecule has 0 aromatic carbocycles. The lowest BCUT2D eigenvalue weighted by atomic mass is 9.86. The second kappa shape index (κ2) is 4.04. The lowest BCUT2D eigenvalue weighted by Crippen LogP contribution is -2.29. The van der Waals surface area contributed by atoms with Crippen LogP contribution in [0, 0.1) is 26.7 Å². The number of anilines is 1. The van der Waals surface area contributed by atoms with E-state index in [1.807, 2.05) is 25.5 Å². The number of hydrogen-bond acceptors (Lipinski definition) is 4. The van der Waals surface area contributed by atoms with Gasteiger partial charge in [0.05, 0.1) is 5.69 Å². The molecule has 5 rings (SSSR count). The predicted octanol–water partition coefficient (Wildman–Crippen LogP) is 2.19. The van der Waals surface area contributed by atoms with Gasteiger partial charge in [-0.15, -0.1) is 0 Å². The van der Waals surface area contributed by atoms with Crippen molar-refractivity contribution in [1.82, 2.24) is 19.7 Å². The lowest BCUT2D eigenvalue weighted by molar-refractivity contribution is 0.380. The van der Waals surface area contributed by atoms with Crippen LogP contribution in [0.1, 0.15) is 29.9 Å². The summed E-state index contributed by atoms with van der Waals surface area (Å²) in [7, 11) is 0. The highest BCUT2D eigenvalue weighted by atomic mass is 15.4. The molecule has 0 atom stereocenters. The average molecular weight is 269 g/mol. The number of aromatic nitrogens is 4. The fraction of sp³-hybridized carbons (Fsp3) is 0.533. The van der Waals surface area contributed by atoms with E-state index in [1.165, 1.54) is 12.8 Å². The summed E-state index contributed by atoms with van der Waals surface area (Å²) in [6, 6.07) is 4.84. The molecule has 20 heavy (non-hydrogen) atoms. The molecule has 3 fully saturated rings. The van der Waals surface area contributed by atoms with Gasteiger partial charge in [-0.05, 0) is 45.6 Å². The summed E-state index contributed by atoms with van der Waals surface area (Å²) >= 11 is 0. The Hall–Kier alpha value is -1.91. The Morgan fingerprint density at radius 2 is 1.85 bits per heavy atom. The van der Waals surface area contributed by atoms with Crippen molar-refractivity contribution in [2.45, 2.75) is 39.7 Å². The molecule has 2 aromatic heterocycles. The Bertz CT molecular complexity index is 669. The summed E-state index contributed by atoms with van der Waals surface area (Å²) < 4.78 is 1.84. The van der Waals surface area contributed by atoms with Crippen LogP contribution in [0.5, 0.6) is 0 Å². The monoisotopic (exact) mass is 269 g/mol. The SMILES string of the molecule is Cc1cc(N2CC3CC2C3)nc(-n2nc(C)cc2C)n1. The average Bonchev–Trinajstić information content (AvgIpc) is 3.00. The molecule has 5 heteroatoms. The van der Waals surface area contributed by atoms with Gasteiger partial charge in [0.15, 0.2) is 0 Å². The number of nitrogens with zero attached hydrogens (tertiary/aromatic N) is 5. The molecule has 5 nitrogen and oxygen atoms in total. The Labute approximate surface area is 118 Å². The van der Waals surface area contributed by atoms with Crippen LogP contribution in [0.2, 0.25) is 0 Å². The second-order valence-electron chi connectivity index (χ2n) is 6.15. The van der Waals surface area contributed by atoms with Crippen LogP contribution < -0.4 is 4.90 Å². The molecule has 0 radical (unpaired) electrons. The van der Waals surface area contributed by atoms with E-state index in [4.69, 9.17) is 4.98 Å².